The highest BCUT2D eigenvalue weighted by atomic mass is 19.4. The first-order valence-corrected chi connectivity index (χ1v) is 3.75. The van der Waals surface area contributed by atoms with Crippen LogP contribution in [0.4, 0.5) is 13.2 Å². The van der Waals surface area contributed by atoms with Crippen molar-refractivity contribution in [3.63, 3.8) is 0 Å². The van der Waals surface area contributed by atoms with Gasteiger partial charge in [0.25, 0.3) is 0 Å². The van der Waals surface area contributed by atoms with E-state index in [0.29, 0.717) is 0 Å². The zero-order chi connectivity index (χ0) is 10.1. The van der Waals surface area contributed by atoms with E-state index >= 15 is 0 Å². The van der Waals surface area contributed by atoms with E-state index in [9.17, 15) is 13.2 Å². The summed E-state index contributed by atoms with van der Waals surface area (Å²) >= 11 is 0. The summed E-state index contributed by atoms with van der Waals surface area (Å²) in [7, 11) is 0. The summed E-state index contributed by atoms with van der Waals surface area (Å²) in [6, 6.07) is 0. The molecule has 0 fully saturated rings. The van der Waals surface area contributed by atoms with Gasteiger partial charge in [-0.1, -0.05) is 13.8 Å². The number of tetrazole rings is 1. The molecule has 0 aliphatic rings. The number of rotatable bonds is 2. The van der Waals surface area contributed by atoms with E-state index in [2.05, 4.69) is 15.5 Å². The fourth-order valence-electron chi connectivity index (χ4n) is 0.895. The molecule has 4 nitrogen and oxygen atoms in total. The standard InChI is InChI=1S/C6H9F3N4/c1-4(2)3-5-10-11-12-13(5)6(7,8)9/h4H,3H2,1-2H3. The Kier molecular flexibility index (Phi) is 2.53. The second-order valence-corrected chi connectivity index (χ2v) is 3.07. The van der Waals surface area contributed by atoms with Crippen molar-refractivity contribution >= 4 is 0 Å². The van der Waals surface area contributed by atoms with E-state index in [1.165, 1.54) is 0 Å². The summed E-state index contributed by atoms with van der Waals surface area (Å²) in [6.45, 7) is 3.60. The topological polar surface area (TPSA) is 43.6 Å². The summed E-state index contributed by atoms with van der Waals surface area (Å²) in [5.74, 6) is -0.0606. The van der Waals surface area contributed by atoms with Crippen LogP contribution in [0, 0.1) is 5.92 Å². The minimum Gasteiger partial charge on any atom is -0.149 e. The molecular formula is C6H9F3N4. The molecule has 0 spiro atoms. The number of hydrogen-bond donors (Lipinski definition) is 0. The lowest BCUT2D eigenvalue weighted by Gasteiger charge is -2.08. The smallest absolute Gasteiger partial charge is 0.149 e. The maximum Gasteiger partial charge on any atom is 0.507 e. The molecule has 0 aromatic carbocycles. The summed E-state index contributed by atoms with van der Waals surface area (Å²) in [5, 5.41) is 9.16. The average molecular weight is 194 g/mol. The summed E-state index contributed by atoms with van der Waals surface area (Å²) in [5.41, 5.74) is 0. The third kappa shape index (κ3) is 2.40. The van der Waals surface area contributed by atoms with Crippen LogP contribution in [-0.4, -0.2) is 20.2 Å². The van der Waals surface area contributed by atoms with Gasteiger partial charge in [0.05, 0.1) is 0 Å². The maximum atomic E-state index is 12.2. The minimum absolute atomic E-state index is 0.0899. The van der Waals surface area contributed by atoms with E-state index < -0.39 is 6.30 Å². The van der Waals surface area contributed by atoms with Gasteiger partial charge >= 0.3 is 6.30 Å². The van der Waals surface area contributed by atoms with Crippen molar-refractivity contribution in [3.8, 4) is 0 Å². The first kappa shape index (κ1) is 9.94. The first-order chi connectivity index (χ1) is 5.91. The van der Waals surface area contributed by atoms with Crippen LogP contribution in [0.1, 0.15) is 19.7 Å². The summed E-state index contributed by atoms with van der Waals surface area (Å²) in [4.78, 5) is 0. The fraction of sp³-hybridized carbons (Fsp3) is 0.833. The van der Waals surface area contributed by atoms with Crippen molar-refractivity contribution in [3.05, 3.63) is 5.82 Å². The lowest BCUT2D eigenvalue weighted by atomic mass is 10.1. The van der Waals surface area contributed by atoms with Crippen LogP contribution in [0.25, 0.3) is 0 Å². The first-order valence-electron chi connectivity index (χ1n) is 3.75. The number of halogens is 3. The van der Waals surface area contributed by atoms with Crippen LogP contribution in [0.5, 0.6) is 0 Å². The van der Waals surface area contributed by atoms with Crippen molar-refractivity contribution in [2.75, 3.05) is 0 Å². The summed E-state index contributed by atoms with van der Waals surface area (Å²) in [6.07, 6.45) is -4.31. The molecule has 1 aromatic heterocycles. The molecule has 0 saturated heterocycles. The van der Waals surface area contributed by atoms with Gasteiger partial charge in [0.15, 0.2) is 5.82 Å². The second-order valence-electron chi connectivity index (χ2n) is 3.07. The number of hydrogen-bond acceptors (Lipinski definition) is 3. The van der Waals surface area contributed by atoms with E-state index in [-0.39, 0.29) is 22.8 Å². The van der Waals surface area contributed by atoms with Gasteiger partial charge in [-0.05, 0) is 16.3 Å². The van der Waals surface area contributed by atoms with Crippen molar-refractivity contribution < 1.29 is 13.2 Å². The predicted molar refractivity (Wildman–Crippen MR) is 37.7 cm³/mol. The van der Waals surface area contributed by atoms with Gasteiger partial charge in [0.2, 0.25) is 0 Å². The zero-order valence-corrected chi connectivity index (χ0v) is 7.21. The van der Waals surface area contributed by atoms with E-state index in [4.69, 9.17) is 0 Å². The Morgan fingerprint density at radius 2 is 2.00 bits per heavy atom. The van der Waals surface area contributed by atoms with Crippen molar-refractivity contribution in [2.45, 2.75) is 26.6 Å². The molecule has 0 amide bonds. The van der Waals surface area contributed by atoms with Gasteiger partial charge in [0, 0.05) is 6.42 Å². The monoisotopic (exact) mass is 194 g/mol. The number of alkyl halides is 3. The number of aromatic nitrogens is 4. The lowest BCUT2D eigenvalue weighted by molar-refractivity contribution is -0.214. The van der Waals surface area contributed by atoms with E-state index in [0.717, 1.165) is 0 Å². The van der Waals surface area contributed by atoms with Gasteiger partial charge in [-0.2, -0.15) is 0 Å². The maximum absolute atomic E-state index is 12.2. The molecule has 1 rings (SSSR count). The molecule has 0 aliphatic heterocycles. The Labute approximate surface area is 72.7 Å². The summed E-state index contributed by atoms with van der Waals surface area (Å²) < 4.78 is 36.4. The largest absolute Gasteiger partial charge is 0.507 e. The Hall–Kier alpha value is -1.14. The van der Waals surface area contributed by atoms with Gasteiger partial charge in [-0.25, -0.2) is 0 Å². The Morgan fingerprint density at radius 3 is 2.46 bits per heavy atom. The molecule has 13 heavy (non-hydrogen) atoms. The van der Waals surface area contributed by atoms with E-state index in [1.54, 1.807) is 13.8 Å². The zero-order valence-electron chi connectivity index (χ0n) is 7.21. The molecule has 0 N–H and O–H groups in total. The van der Waals surface area contributed by atoms with Crippen molar-refractivity contribution in [2.24, 2.45) is 5.92 Å². The highest BCUT2D eigenvalue weighted by molar-refractivity contribution is 4.83. The molecule has 0 aliphatic carbocycles. The number of nitrogens with zero attached hydrogens (tertiary/aromatic N) is 4. The molecule has 0 bridgehead atoms. The Morgan fingerprint density at radius 1 is 1.38 bits per heavy atom. The van der Waals surface area contributed by atoms with Crippen LogP contribution in [0.2, 0.25) is 0 Å². The molecule has 0 atom stereocenters. The van der Waals surface area contributed by atoms with Gasteiger partial charge in [0.1, 0.15) is 0 Å². The molecule has 74 valence electrons. The van der Waals surface area contributed by atoms with Crippen LogP contribution in [0.3, 0.4) is 0 Å². The van der Waals surface area contributed by atoms with Crippen molar-refractivity contribution in [1.82, 2.24) is 20.2 Å². The van der Waals surface area contributed by atoms with Crippen molar-refractivity contribution in [1.29, 1.82) is 0 Å². The molecule has 1 heterocycles. The lowest BCUT2D eigenvalue weighted by Crippen LogP contribution is -2.22. The third-order valence-corrected chi connectivity index (χ3v) is 1.37. The molecule has 0 saturated carbocycles. The quantitative estimate of drug-likeness (QED) is 0.713. The molecule has 0 unspecified atom stereocenters. The fourth-order valence-corrected chi connectivity index (χ4v) is 0.895. The third-order valence-electron chi connectivity index (χ3n) is 1.37. The Balaban J connectivity index is 2.90. The van der Waals surface area contributed by atoms with E-state index in [1.807, 2.05) is 0 Å². The second kappa shape index (κ2) is 3.31. The molecule has 0 radical (unpaired) electrons. The minimum atomic E-state index is -4.52. The molecule has 1 aromatic rings. The predicted octanol–water partition coefficient (Wildman–Crippen LogP) is 1.35. The van der Waals surface area contributed by atoms with Gasteiger partial charge < -0.3 is 0 Å². The van der Waals surface area contributed by atoms with Crippen LogP contribution in [0.15, 0.2) is 0 Å². The van der Waals surface area contributed by atoms with Gasteiger partial charge in [-0.3, -0.25) is 0 Å². The average Bonchev–Trinajstić information content (AvgIpc) is 2.31. The highest BCUT2D eigenvalue weighted by Crippen LogP contribution is 2.22. The van der Waals surface area contributed by atoms with Crippen LogP contribution in [-0.2, 0) is 12.7 Å². The van der Waals surface area contributed by atoms with Gasteiger partial charge in [-0.15, -0.1) is 23.0 Å². The van der Waals surface area contributed by atoms with Crippen LogP contribution < -0.4 is 0 Å². The molecular weight excluding hydrogens is 185 g/mol. The molecule has 7 heteroatoms. The SMILES string of the molecule is CC(C)Cc1nnnn1C(F)(F)F. The van der Waals surface area contributed by atoms with Crippen LogP contribution >= 0.6 is 0 Å². The highest BCUT2D eigenvalue weighted by Gasteiger charge is 2.35. The Bertz CT molecular complexity index is 278. The normalized spacial score (nSPS) is 12.5.